The Balaban J connectivity index is 1.75. The normalized spacial score (nSPS) is 11.6. The molecule has 0 spiro atoms. The van der Waals surface area contributed by atoms with Gasteiger partial charge in [-0.15, -0.1) is 27.8 Å². The predicted octanol–water partition coefficient (Wildman–Crippen LogP) is 3.79. The highest BCUT2D eigenvalue weighted by molar-refractivity contribution is 9.10. The molecule has 0 radical (unpaired) electrons. The Bertz CT molecular complexity index is 1430. The summed E-state index contributed by atoms with van der Waals surface area (Å²) in [6.45, 7) is 0.722. The second-order valence-electron chi connectivity index (χ2n) is 6.31. The molecule has 0 aliphatic rings. The number of thiophene rings is 2. The summed E-state index contributed by atoms with van der Waals surface area (Å²) in [6.07, 6.45) is 0. The van der Waals surface area contributed by atoms with Crippen molar-refractivity contribution in [1.29, 1.82) is 0 Å². The molecule has 4 heterocycles. The zero-order valence-electron chi connectivity index (χ0n) is 14.4. The molecule has 0 saturated carbocycles. The summed E-state index contributed by atoms with van der Waals surface area (Å²) in [7, 11) is 0. The van der Waals surface area contributed by atoms with Crippen LogP contribution in [0.2, 0.25) is 0 Å². The van der Waals surface area contributed by atoms with E-state index in [1.165, 1.54) is 16.0 Å². The summed E-state index contributed by atoms with van der Waals surface area (Å²) in [5.41, 5.74) is 1.19. The van der Waals surface area contributed by atoms with Crippen LogP contribution in [0.15, 0.2) is 67.3 Å². The van der Waals surface area contributed by atoms with Crippen LogP contribution >= 0.6 is 38.6 Å². The average Bonchev–Trinajstić information content (AvgIpc) is 3.40. The van der Waals surface area contributed by atoms with Crippen LogP contribution in [0.4, 0.5) is 0 Å². The van der Waals surface area contributed by atoms with Gasteiger partial charge in [0.15, 0.2) is 0 Å². The molecule has 6 nitrogen and oxygen atoms in total. The van der Waals surface area contributed by atoms with Gasteiger partial charge in [-0.05, 0) is 40.6 Å². The average molecular weight is 473 g/mol. The summed E-state index contributed by atoms with van der Waals surface area (Å²) < 4.78 is 6.05. The molecule has 0 unspecified atom stereocenters. The van der Waals surface area contributed by atoms with Gasteiger partial charge in [-0.25, -0.2) is 13.9 Å². The third-order valence-corrected chi connectivity index (χ3v) is 6.75. The van der Waals surface area contributed by atoms with Gasteiger partial charge in [-0.1, -0.05) is 34.1 Å². The van der Waals surface area contributed by atoms with E-state index in [-0.39, 0.29) is 11.2 Å². The molecule has 140 valence electrons. The molecule has 0 saturated heterocycles. The highest BCUT2D eigenvalue weighted by Gasteiger charge is 2.18. The molecule has 5 aromatic rings. The van der Waals surface area contributed by atoms with Gasteiger partial charge in [0, 0.05) is 9.35 Å². The Kier molecular flexibility index (Phi) is 4.30. The maximum absolute atomic E-state index is 13.1. The van der Waals surface area contributed by atoms with Crippen LogP contribution in [0.3, 0.4) is 0 Å². The lowest BCUT2D eigenvalue weighted by Gasteiger charge is -2.06. The van der Waals surface area contributed by atoms with Crippen molar-refractivity contribution < 1.29 is 0 Å². The number of hydrogen-bond donors (Lipinski definition) is 0. The maximum Gasteiger partial charge on any atom is 0.352 e. The summed E-state index contributed by atoms with van der Waals surface area (Å²) in [6, 6.07) is 13.5. The van der Waals surface area contributed by atoms with Crippen LogP contribution in [-0.4, -0.2) is 18.7 Å². The molecule has 9 heteroatoms. The van der Waals surface area contributed by atoms with Gasteiger partial charge in [0.05, 0.1) is 18.6 Å². The second kappa shape index (κ2) is 6.84. The molecule has 0 aliphatic heterocycles. The molecule has 0 fully saturated rings. The molecule has 0 bridgehead atoms. The van der Waals surface area contributed by atoms with Gasteiger partial charge in [0.1, 0.15) is 4.70 Å². The minimum Gasteiger partial charge on any atom is -0.270 e. The summed E-state index contributed by atoms with van der Waals surface area (Å²) >= 11 is 6.38. The lowest BCUT2D eigenvalue weighted by molar-refractivity contribution is 0.655. The molecule has 1 aromatic carbocycles. The zero-order valence-corrected chi connectivity index (χ0v) is 17.6. The largest absolute Gasteiger partial charge is 0.352 e. The van der Waals surface area contributed by atoms with Crippen molar-refractivity contribution in [3.63, 3.8) is 0 Å². The Hall–Kier alpha value is -2.49. The Morgan fingerprint density at radius 2 is 1.89 bits per heavy atom. The fourth-order valence-corrected chi connectivity index (χ4v) is 5.21. The monoisotopic (exact) mass is 472 g/mol. The second-order valence-corrected chi connectivity index (χ2v) is 9.18. The predicted molar refractivity (Wildman–Crippen MR) is 116 cm³/mol. The molecule has 4 aromatic heterocycles. The molecule has 0 N–H and O–H groups in total. The Morgan fingerprint density at radius 1 is 1.00 bits per heavy atom. The zero-order chi connectivity index (χ0) is 19.3. The number of aromatic nitrogens is 4. The Morgan fingerprint density at radius 3 is 2.68 bits per heavy atom. The van der Waals surface area contributed by atoms with E-state index in [0.717, 1.165) is 14.9 Å². The van der Waals surface area contributed by atoms with Crippen LogP contribution in [0.5, 0.6) is 0 Å². The van der Waals surface area contributed by atoms with Crippen LogP contribution < -0.4 is 11.2 Å². The van der Waals surface area contributed by atoms with Crippen molar-refractivity contribution in [2.75, 3.05) is 0 Å². The van der Waals surface area contributed by atoms with Crippen LogP contribution in [0.25, 0.3) is 16.0 Å². The number of fused-ring (bicyclic) bond motifs is 3. The van der Waals surface area contributed by atoms with Crippen LogP contribution in [-0.2, 0) is 13.1 Å². The lowest BCUT2D eigenvalue weighted by Crippen LogP contribution is -2.26. The molecule has 0 aliphatic carbocycles. The first-order chi connectivity index (χ1) is 13.6. The van der Waals surface area contributed by atoms with E-state index in [2.05, 4.69) is 21.0 Å². The highest BCUT2D eigenvalue weighted by atomic mass is 79.9. The number of benzene rings is 1. The van der Waals surface area contributed by atoms with Crippen LogP contribution in [0.1, 0.15) is 10.4 Å². The molecule has 0 atom stereocenters. The topological polar surface area (TPSA) is 61.3 Å². The molecule has 28 heavy (non-hydrogen) atoms. The van der Waals surface area contributed by atoms with Crippen molar-refractivity contribution in [2.24, 2.45) is 0 Å². The van der Waals surface area contributed by atoms with Crippen molar-refractivity contribution in [3.05, 3.63) is 89.0 Å². The van der Waals surface area contributed by atoms with E-state index in [1.807, 2.05) is 47.2 Å². The third kappa shape index (κ3) is 2.86. The van der Waals surface area contributed by atoms with Gasteiger partial charge in [-0.2, -0.15) is 0 Å². The quantitative estimate of drug-likeness (QED) is 0.399. The first-order valence-corrected chi connectivity index (χ1v) is 11.0. The SMILES string of the molecule is O=c1c2sccc2n2c(=O)n(Cc3cccc(Br)c3)nc2n1Cc1cccs1. The molecule has 0 amide bonds. The van der Waals surface area contributed by atoms with E-state index in [0.29, 0.717) is 29.1 Å². The molecular weight excluding hydrogens is 460 g/mol. The van der Waals surface area contributed by atoms with Crippen molar-refractivity contribution in [3.8, 4) is 0 Å². The first-order valence-electron chi connectivity index (χ1n) is 8.48. The minimum absolute atomic E-state index is 0.120. The third-order valence-electron chi connectivity index (χ3n) is 4.50. The molecular formula is C19H13BrN4O2S2. The van der Waals surface area contributed by atoms with E-state index >= 15 is 0 Å². The number of halogens is 1. The van der Waals surface area contributed by atoms with Gasteiger partial charge < -0.3 is 0 Å². The smallest absolute Gasteiger partial charge is 0.270 e. The number of rotatable bonds is 4. The minimum atomic E-state index is -0.252. The molecule has 5 rings (SSSR count). The van der Waals surface area contributed by atoms with E-state index in [4.69, 9.17) is 0 Å². The summed E-state index contributed by atoms with van der Waals surface area (Å²) in [5.74, 6) is 0.365. The summed E-state index contributed by atoms with van der Waals surface area (Å²) in [4.78, 5) is 27.2. The number of nitrogens with zero attached hydrogens (tertiary/aromatic N) is 4. The van der Waals surface area contributed by atoms with Crippen molar-refractivity contribution in [2.45, 2.75) is 13.1 Å². The Labute approximate surface area is 175 Å². The van der Waals surface area contributed by atoms with Crippen molar-refractivity contribution in [1.82, 2.24) is 18.7 Å². The standard InChI is InChI=1S/C19H13BrN4O2S2/c20-13-4-1-3-12(9-13)10-23-19(26)24-15-6-8-28-16(15)17(25)22(18(24)21-23)11-14-5-2-7-27-14/h1-9H,10-11H2. The summed E-state index contributed by atoms with van der Waals surface area (Å²) in [5, 5.41) is 8.34. The number of hydrogen-bond acceptors (Lipinski definition) is 5. The lowest BCUT2D eigenvalue weighted by atomic mass is 10.2. The fraction of sp³-hybridized carbons (Fsp3) is 0.105. The highest BCUT2D eigenvalue weighted by Crippen LogP contribution is 2.19. The van der Waals surface area contributed by atoms with Gasteiger partial charge in [-0.3, -0.25) is 9.36 Å². The van der Waals surface area contributed by atoms with E-state index in [1.54, 1.807) is 26.4 Å². The fourth-order valence-electron chi connectivity index (χ4n) is 3.25. The van der Waals surface area contributed by atoms with Gasteiger partial charge in [0.2, 0.25) is 5.78 Å². The van der Waals surface area contributed by atoms with Gasteiger partial charge in [0.25, 0.3) is 5.56 Å². The maximum atomic E-state index is 13.1. The van der Waals surface area contributed by atoms with E-state index in [9.17, 15) is 9.59 Å². The van der Waals surface area contributed by atoms with Crippen LogP contribution in [0, 0.1) is 0 Å². The van der Waals surface area contributed by atoms with Gasteiger partial charge >= 0.3 is 5.69 Å². The van der Waals surface area contributed by atoms with Crippen molar-refractivity contribution >= 4 is 54.6 Å². The van der Waals surface area contributed by atoms with E-state index < -0.39 is 0 Å². The first kappa shape index (κ1) is 17.6.